The van der Waals surface area contributed by atoms with E-state index in [1.807, 2.05) is 65.4 Å². The first kappa shape index (κ1) is 21.1. The maximum absolute atomic E-state index is 11.5. The predicted octanol–water partition coefficient (Wildman–Crippen LogP) is 3.62. The Hall–Kier alpha value is -2.65. The van der Waals surface area contributed by atoms with Gasteiger partial charge in [0.05, 0.1) is 5.82 Å². The van der Waals surface area contributed by atoms with Gasteiger partial charge in [-0.15, -0.1) is 0 Å². The van der Waals surface area contributed by atoms with Gasteiger partial charge in [0.25, 0.3) is 0 Å². The molecule has 0 fully saturated rings. The average Bonchev–Trinajstić information content (AvgIpc) is 3.19. The molecule has 6 heteroatoms. The number of nitrogens with zero attached hydrogens (tertiary/aromatic N) is 2. The Labute approximate surface area is 183 Å². The first-order valence-corrected chi connectivity index (χ1v) is 10.2. The van der Waals surface area contributed by atoms with Crippen molar-refractivity contribution in [2.75, 3.05) is 0 Å². The number of hydrogen-bond acceptors (Lipinski definition) is 4. The molecule has 4 nitrogen and oxygen atoms in total. The number of imidazole rings is 1. The number of hydrogen-bond donors (Lipinski definition) is 0. The van der Waals surface area contributed by atoms with E-state index in [0.717, 1.165) is 16.7 Å². The standard InChI is InChI=1S/C23H19N2O2S.Al.2H/c26-28(27)18-22-24-16-17-25(22)23(19-10-4-1-5-11-19,20-12-6-2-7-13-20)21-14-8-3-9-15-21;;;/h1-17H,18H2;;;/q-1;+1;;. The summed E-state index contributed by atoms with van der Waals surface area (Å²) in [5.41, 5.74) is 2.35. The van der Waals surface area contributed by atoms with Gasteiger partial charge in [-0.2, -0.15) is 0 Å². The molecule has 144 valence electrons. The van der Waals surface area contributed by atoms with Crippen LogP contribution in [0.25, 0.3) is 0 Å². The molecule has 4 rings (SSSR count). The molecule has 0 spiro atoms. The van der Waals surface area contributed by atoms with Crippen molar-refractivity contribution in [3.8, 4) is 0 Å². The van der Waals surface area contributed by atoms with E-state index in [2.05, 4.69) is 41.4 Å². The van der Waals surface area contributed by atoms with Crippen molar-refractivity contribution < 1.29 is 8.42 Å². The normalized spacial score (nSPS) is 11.2. The molecule has 0 saturated heterocycles. The van der Waals surface area contributed by atoms with E-state index in [1.165, 1.54) is 0 Å². The van der Waals surface area contributed by atoms with E-state index in [0.29, 0.717) is 5.82 Å². The van der Waals surface area contributed by atoms with Crippen molar-refractivity contribution in [1.29, 1.82) is 0 Å². The predicted molar refractivity (Wildman–Crippen MR) is 118 cm³/mol. The summed E-state index contributed by atoms with van der Waals surface area (Å²) in [7, 11) is -2.24. The Balaban J connectivity index is 0.00000240. The zero-order chi connectivity index (χ0) is 19.4. The monoisotopic (exact) mass is 416 g/mol. The second-order valence-electron chi connectivity index (χ2n) is 6.47. The van der Waals surface area contributed by atoms with Crippen LogP contribution in [-0.4, -0.2) is 26.9 Å². The Kier molecular flexibility index (Phi) is 6.71. The van der Waals surface area contributed by atoms with Gasteiger partial charge in [0, 0.05) is 12.4 Å². The van der Waals surface area contributed by atoms with Gasteiger partial charge in [0.15, 0.2) is 0 Å². The van der Waals surface area contributed by atoms with Crippen molar-refractivity contribution in [2.45, 2.75) is 11.3 Å². The fraction of sp³-hybridized carbons (Fsp3) is 0.0870. The van der Waals surface area contributed by atoms with Crippen LogP contribution < -0.4 is 0 Å². The van der Waals surface area contributed by atoms with E-state index in [1.54, 1.807) is 6.20 Å². The molecule has 0 aliphatic rings. The minimum atomic E-state index is -2.24. The van der Waals surface area contributed by atoms with Crippen molar-refractivity contribution in [3.05, 3.63) is 126 Å². The van der Waals surface area contributed by atoms with Gasteiger partial charge < -0.3 is 13.0 Å². The molecule has 3 aromatic carbocycles. The van der Waals surface area contributed by atoms with Gasteiger partial charge in [-0.05, 0) is 22.4 Å². The maximum atomic E-state index is 11.5. The minimum absolute atomic E-state index is 0. The van der Waals surface area contributed by atoms with E-state index >= 15 is 0 Å². The van der Waals surface area contributed by atoms with E-state index in [-0.39, 0.29) is 23.1 Å². The summed E-state index contributed by atoms with van der Waals surface area (Å²) in [6.07, 6.45) is 3.51. The van der Waals surface area contributed by atoms with E-state index in [4.69, 9.17) is 0 Å². The summed E-state index contributed by atoms with van der Waals surface area (Å²) in [4.78, 5) is 4.37. The molecule has 0 aliphatic heterocycles. The zero-order valence-corrected chi connectivity index (χ0v) is 19.0. The third-order valence-corrected chi connectivity index (χ3v) is 5.39. The summed E-state index contributed by atoms with van der Waals surface area (Å²) < 4.78 is 25.0. The Bertz CT molecular complexity index is 1020. The Morgan fingerprint density at radius 1 is 0.724 bits per heavy atom. The average molecular weight is 416 g/mol. The fourth-order valence-corrected chi connectivity index (χ4v) is 4.23. The third kappa shape index (κ3) is 3.92. The van der Waals surface area contributed by atoms with Crippen molar-refractivity contribution >= 4 is 28.1 Å². The molecule has 0 saturated carbocycles. The van der Waals surface area contributed by atoms with Gasteiger partial charge in [0.1, 0.15) is 5.54 Å². The van der Waals surface area contributed by atoms with Gasteiger partial charge in [0.2, 0.25) is 0 Å². The van der Waals surface area contributed by atoms with Gasteiger partial charge >= 0.3 is 17.4 Å². The van der Waals surface area contributed by atoms with Crippen LogP contribution in [0.4, 0.5) is 0 Å². The second kappa shape index (κ2) is 9.23. The summed E-state index contributed by atoms with van der Waals surface area (Å²) in [5, 5.41) is 0. The molecule has 0 N–H and O–H groups in total. The van der Waals surface area contributed by atoms with E-state index < -0.39 is 16.2 Å². The SMILES string of the molecule is O=[S-](=O)Cc1nccn1C(c1ccccc1)(c1ccccc1)c1ccccc1.[AlH2+]. The Morgan fingerprint density at radius 2 is 1.14 bits per heavy atom. The second-order valence-corrected chi connectivity index (χ2v) is 7.37. The zero-order valence-electron chi connectivity index (χ0n) is 16.1. The molecular weight excluding hydrogens is 395 g/mol. The number of benzene rings is 3. The van der Waals surface area contributed by atoms with Crippen LogP contribution in [0.5, 0.6) is 0 Å². The molecule has 0 radical (unpaired) electrons. The molecule has 0 atom stereocenters. The fourth-order valence-electron chi connectivity index (χ4n) is 3.81. The summed E-state index contributed by atoms with van der Waals surface area (Å²) >= 11 is 0. The molecule has 0 unspecified atom stereocenters. The van der Waals surface area contributed by atoms with Crippen LogP contribution in [0.3, 0.4) is 0 Å². The topological polar surface area (TPSA) is 52.0 Å². The van der Waals surface area contributed by atoms with Crippen LogP contribution in [0.2, 0.25) is 0 Å². The Morgan fingerprint density at radius 3 is 1.52 bits per heavy atom. The molecule has 0 aliphatic carbocycles. The van der Waals surface area contributed by atoms with Crippen LogP contribution in [-0.2, 0) is 30.4 Å². The van der Waals surface area contributed by atoms with Crippen molar-refractivity contribution in [3.63, 3.8) is 0 Å². The van der Waals surface area contributed by atoms with E-state index in [9.17, 15) is 8.42 Å². The first-order valence-electron chi connectivity index (χ1n) is 8.98. The molecular formula is C23H21AlN2O2S. The van der Waals surface area contributed by atoms with Crippen LogP contribution in [0.15, 0.2) is 103 Å². The first-order chi connectivity index (χ1) is 13.7. The van der Waals surface area contributed by atoms with Gasteiger partial charge in [-0.25, -0.2) is 4.98 Å². The van der Waals surface area contributed by atoms with Crippen molar-refractivity contribution in [1.82, 2.24) is 9.55 Å². The van der Waals surface area contributed by atoms with Gasteiger partial charge in [-0.3, -0.25) is 0 Å². The van der Waals surface area contributed by atoms with Crippen LogP contribution in [0.1, 0.15) is 22.5 Å². The molecule has 1 aromatic heterocycles. The summed E-state index contributed by atoms with van der Waals surface area (Å²) in [6, 6.07) is 30.3. The third-order valence-electron chi connectivity index (χ3n) is 4.90. The number of aromatic nitrogens is 2. The number of rotatable bonds is 6. The molecule has 0 bridgehead atoms. The van der Waals surface area contributed by atoms with Crippen LogP contribution in [0, 0.1) is 0 Å². The van der Waals surface area contributed by atoms with Gasteiger partial charge in [-0.1, -0.05) is 102 Å². The summed E-state index contributed by atoms with van der Waals surface area (Å²) in [5.74, 6) is 0.339. The molecule has 1 heterocycles. The van der Waals surface area contributed by atoms with Crippen LogP contribution >= 0.6 is 0 Å². The molecule has 0 amide bonds. The quantitative estimate of drug-likeness (QED) is 0.274. The van der Waals surface area contributed by atoms with Crippen molar-refractivity contribution in [2.24, 2.45) is 0 Å². The molecule has 4 aromatic rings. The molecule has 29 heavy (non-hydrogen) atoms. The summed E-state index contributed by atoms with van der Waals surface area (Å²) in [6.45, 7) is 0.